The van der Waals surface area contributed by atoms with Crippen LogP contribution >= 0.6 is 0 Å². The summed E-state index contributed by atoms with van der Waals surface area (Å²) in [5.41, 5.74) is 2.01. The number of nitrogens with zero attached hydrogens (tertiary/aromatic N) is 2. The van der Waals surface area contributed by atoms with E-state index in [2.05, 4.69) is 4.98 Å². The highest BCUT2D eigenvalue weighted by Gasteiger charge is 2.03. The second-order valence-corrected chi connectivity index (χ2v) is 4.21. The summed E-state index contributed by atoms with van der Waals surface area (Å²) in [6.07, 6.45) is 1.77. The Balaban J connectivity index is 1.68. The number of para-hydroxylation sites is 3. The van der Waals surface area contributed by atoms with Gasteiger partial charge < -0.3 is 9.30 Å². The zero-order valence-electron chi connectivity index (χ0n) is 10.3. The van der Waals surface area contributed by atoms with Crippen molar-refractivity contribution in [3.8, 4) is 5.75 Å². The molecule has 4 heteroatoms. The van der Waals surface area contributed by atoms with Crippen molar-refractivity contribution in [1.29, 1.82) is 0 Å². The van der Waals surface area contributed by atoms with Crippen LogP contribution in [0.3, 0.4) is 0 Å². The van der Waals surface area contributed by atoms with Crippen molar-refractivity contribution in [2.75, 3.05) is 6.61 Å². The summed E-state index contributed by atoms with van der Waals surface area (Å²) in [7, 11) is 0. The lowest BCUT2D eigenvalue weighted by atomic mass is 10.3. The first-order valence-electron chi connectivity index (χ1n) is 6.12. The molecule has 3 nitrogen and oxygen atoms in total. The van der Waals surface area contributed by atoms with Gasteiger partial charge in [-0.1, -0.05) is 24.3 Å². The summed E-state index contributed by atoms with van der Waals surface area (Å²) < 4.78 is 20.8. The number of benzene rings is 2. The van der Waals surface area contributed by atoms with Crippen LogP contribution in [0.25, 0.3) is 11.0 Å². The van der Waals surface area contributed by atoms with E-state index in [4.69, 9.17) is 4.74 Å². The van der Waals surface area contributed by atoms with Gasteiger partial charge in [-0.15, -0.1) is 0 Å². The first-order valence-corrected chi connectivity index (χ1v) is 6.12. The molecule has 0 fully saturated rings. The van der Waals surface area contributed by atoms with Crippen molar-refractivity contribution >= 4 is 11.0 Å². The van der Waals surface area contributed by atoms with Crippen molar-refractivity contribution in [2.45, 2.75) is 6.54 Å². The smallest absolute Gasteiger partial charge is 0.165 e. The number of imidazole rings is 1. The molecule has 3 aromatic rings. The first-order chi connectivity index (χ1) is 9.34. The third-order valence-corrected chi connectivity index (χ3v) is 2.95. The Labute approximate surface area is 110 Å². The van der Waals surface area contributed by atoms with E-state index in [0.717, 1.165) is 11.0 Å². The Morgan fingerprint density at radius 1 is 1.05 bits per heavy atom. The zero-order chi connectivity index (χ0) is 13.1. The van der Waals surface area contributed by atoms with Gasteiger partial charge in [-0.2, -0.15) is 0 Å². The van der Waals surface area contributed by atoms with Gasteiger partial charge >= 0.3 is 0 Å². The molecule has 1 aromatic heterocycles. The highest BCUT2D eigenvalue weighted by Crippen LogP contribution is 2.16. The molecular weight excluding hydrogens is 243 g/mol. The molecule has 2 aromatic carbocycles. The molecule has 0 radical (unpaired) electrons. The molecule has 0 unspecified atom stereocenters. The van der Waals surface area contributed by atoms with E-state index in [1.54, 1.807) is 24.5 Å². The maximum atomic E-state index is 13.4. The lowest BCUT2D eigenvalue weighted by Crippen LogP contribution is -2.07. The summed E-state index contributed by atoms with van der Waals surface area (Å²) in [4.78, 5) is 4.30. The molecular formula is C15H13FN2O. The van der Waals surface area contributed by atoms with Gasteiger partial charge in [0.2, 0.25) is 0 Å². The third kappa shape index (κ3) is 2.42. The first kappa shape index (κ1) is 11.7. The molecule has 19 heavy (non-hydrogen) atoms. The van der Waals surface area contributed by atoms with Crippen LogP contribution in [0.4, 0.5) is 4.39 Å². The second kappa shape index (κ2) is 5.10. The average molecular weight is 256 g/mol. The van der Waals surface area contributed by atoms with Crippen LogP contribution in [0.2, 0.25) is 0 Å². The number of aromatic nitrogens is 2. The predicted octanol–water partition coefficient (Wildman–Crippen LogP) is 3.25. The van der Waals surface area contributed by atoms with E-state index in [-0.39, 0.29) is 11.6 Å². The second-order valence-electron chi connectivity index (χ2n) is 4.21. The van der Waals surface area contributed by atoms with E-state index < -0.39 is 0 Å². The Kier molecular flexibility index (Phi) is 3.14. The van der Waals surface area contributed by atoms with Gasteiger partial charge in [0.1, 0.15) is 6.61 Å². The number of rotatable bonds is 4. The van der Waals surface area contributed by atoms with Gasteiger partial charge in [-0.25, -0.2) is 9.37 Å². The lowest BCUT2D eigenvalue weighted by molar-refractivity contribution is 0.286. The summed E-state index contributed by atoms with van der Waals surface area (Å²) >= 11 is 0. The fourth-order valence-corrected chi connectivity index (χ4v) is 2.00. The molecule has 96 valence electrons. The average Bonchev–Trinajstić information content (AvgIpc) is 2.85. The molecule has 0 atom stereocenters. The highest BCUT2D eigenvalue weighted by atomic mass is 19.1. The van der Waals surface area contributed by atoms with Crippen molar-refractivity contribution in [2.24, 2.45) is 0 Å². The van der Waals surface area contributed by atoms with Crippen LogP contribution in [-0.4, -0.2) is 16.2 Å². The molecule has 1 heterocycles. The molecule has 3 rings (SSSR count). The molecule has 0 saturated heterocycles. The topological polar surface area (TPSA) is 27.1 Å². The van der Waals surface area contributed by atoms with E-state index >= 15 is 0 Å². The summed E-state index contributed by atoms with van der Waals surface area (Å²) in [5.74, 6) is -0.0510. The monoisotopic (exact) mass is 256 g/mol. The fraction of sp³-hybridized carbons (Fsp3) is 0.133. The van der Waals surface area contributed by atoms with E-state index in [0.29, 0.717) is 13.2 Å². The van der Waals surface area contributed by atoms with E-state index in [1.807, 2.05) is 28.8 Å². The summed E-state index contributed by atoms with van der Waals surface area (Å²) in [5, 5.41) is 0. The van der Waals surface area contributed by atoms with E-state index in [1.165, 1.54) is 6.07 Å². The van der Waals surface area contributed by atoms with E-state index in [9.17, 15) is 4.39 Å². The standard InChI is InChI=1S/C15H13FN2O/c16-12-5-1-4-8-15(12)19-10-9-18-11-17-13-6-2-3-7-14(13)18/h1-8,11H,9-10H2. The van der Waals surface area contributed by atoms with Crippen molar-refractivity contribution < 1.29 is 9.13 Å². The minimum Gasteiger partial charge on any atom is -0.489 e. The van der Waals surface area contributed by atoms with Crippen LogP contribution < -0.4 is 4.74 Å². The number of fused-ring (bicyclic) bond motifs is 1. The van der Waals surface area contributed by atoms with Crippen molar-refractivity contribution in [3.05, 3.63) is 60.7 Å². The largest absolute Gasteiger partial charge is 0.489 e. The number of halogens is 1. The number of hydrogen-bond acceptors (Lipinski definition) is 2. The minimum atomic E-state index is -0.335. The third-order valence-electron chi connectivity index (χ3n) is 2.95. The molecule has 0 bridgehead atoms. The van der Waals surface area contributed by atoms with Gasteiger partial charge in [0.05, 0.1) is 23.9 Å². The summed E-state index contributed by atoms with van der Waals surface area (Å²) in [6.45, 7) is 1.04. The molecule has 0 aliphatic rings. The molecule has 0 amide bonds. The van der Waals surface area contributed by atoms with Gasteiger partial charge in [0, 0.05) is 0 Å². The van der Waals surface area contributed by atoms with Crippen LogP contribution in [0.5, 0.6) is 5.75 Å². The lowest BCUT2D eigenvalue weighted by Gasteiger charge is -2.08. The molecule has 0 N–H and O–H groups in total. The Bertz CT molecular complexity index is 693. The van der Waals surface area contributed by atoms with Crippen LogP contribution in [0.1, 0.15) is 0 Å². The Morgan fingerprint density at radius 2 is 1.84 bits per heavy atom. The maximum Gasteiger partial charge on any atom is 0.165 e. The quantitative estimate of drug-likeness (QED) is 0.716. The van der Waals surface area contributed by atoms with Crippen LogP contribution in [-0.2, 0) is 6.54 Å². The normalized spacial score (nSPS) is 10.8. The Morgan fingerprint density at radius 3 is 2.74 bits per heavy atom. The SMILES string of the molecule is Fc1ccccc1OCCn1cnc2ccccc21. The molecule has 0 spiro atoms. The minimum absolute atomic E-state index is 0.284. The molecule has 0 saturated carbocycles. The van der Waals surface area contributed by atoms with Crippen molar-refractivity contribution in [3.63, 3.8) is 0 Å². The van der Waals surface area contributed by atoms with Gasteiger partial charge in [0.15, 0.2) is 11.6 Å². The predicted molar refractivity (Wildman–Crippen MR) is 71.6 cm³/mol. The van der Waals surface area contributed by atoms with Crippen molar-refractivity contribution in [1.82, 2.24) is 9.55 Å². The zero-order valence-corrected chi connectivity index (χ0v) is 10.3. The van der Waals surface area contributed by atoms with Gasteiger partial charge in [-0.3, -0.25) is 0 Å². The van der Waals surface area contributed by atoms with Gasteiger partial charge in [0.25, 0.3) is 0 Å². The number of ether oxygens (including phenoxy) is 1. The fourth-order valence-electron chi connectivity index (χ4n) is 2.00. The Hall–Kier alpha value is -2.36. The van der Waals surface area contributed by atoms with Crippen LogP contribution in [0.15, 0.2) is 54.9 Å². The maximum absolute atomic E-state index is 13.4. The van der Waals surface area contributed by atoms with Crippen LogP contribution in [0, 0.1) is 5.82 Å². The molecule has 0 aliphatic heterocycles. The summed E-state index contributed by atoms with van der Waals surface area (Å²) in [6, 6.07) is 14.3. The number of hydrogen-bond donors (Lipinski definition) is 0. The highest BCUT2D eigenvalue weighted by molar-refractivity contribution is 5.74. The molecule has 0 aliphatic carbocycles. The van der Waals surface area contributed by atoms with Gasteiger partial charge in [-0.05, 0) is 24.3 Å².